The van der Waals surface area contributed by atoms with Crippen molar-refractivity contribution in [2.45, 2.75) is 19.1 Å². The van der Waals surface area contributed by atoms with Crippen LogP contribution in [0.5, 0.6) is 5.75 Å². The van der Waals surface area contributed by atoms with E-state index in [2.05, 4.69) is 26.1 Å². The average Bonchev–Trinajstić information content (AvgIpc) is 3.31. The third kappa shape index (κ3) is 6.81. The van der Waals surface area contributed by atoms with Crippen molar-refractivity contribution in [3.63, 3.8) is 0 Å². The molecule has 0 atom stereocenters. The third-order valence-corrected chi connectivity index (χ3v) is 6.60. The van der Waals surface area contributed by atoms with Crippen molar-refractivity contribution in [2.24, 2.45) is 0 Å². The number of ether oxygens (including phenoxy) is 4. The zero-order chi connectivity index (χ0) is 27.0. The Balaban J connectivity index is 0.949. The number of carbonyl (C=O) groups excluding carboxylic acids is 3. The second kappa shape index (κ2) is 12.5. The predicted molar refractivity (Wildman–Crippen MR) is 141 cm³/mol. The van der Waals surface area contributed by atoms with E-state index < -0.39 is 24.0 Å². The lowest BCUT2D eigenvalue weighted by molar-refractivity contribution is -0.169. The number of para-hydroxylation sites is 1. The number of rotatable bonds is 11. The maximum Gasteiger partial charge on any atom is 0.334 e. The van der Waals surface area contributed by atoms with Crippen LogP contribution in [0.3, 0.4) is 0 Å². The molecule has 39 heavy (non-hydrogen) atoms. The van der Waals surface area contributed by atoms with E-state index >= 15 is 0 Å². The maximum atomic E-state index is 12.5. The van der Waals surface area contributed by atoms with Crippen molar-refractivity contribution in [1.82, 2.24) is 15.1 Å². The number of H-pyrrole nitrogens is 1. The Morgan fingerprint density at radius 2 is 1.67 bits per heavy atom. The number of hydrogen-bond acceptors (Lipinski definition) is 10. The number of Topliss-reactive ketones (excluding diaryl/α,β-unsaturated/α-hetero) is 1. The van der Waals surface area contributed by atoms with Gasteiger partial charge in [-0.15, -0.1) is 0 Å². The summed E-state index contributed by atoms with van der Waals surface area (Å²) in [7, 11) is 0. The van der Waals surface area contributed by atoms with E-state index in [4.69, 9.17) is 18.9 Å². The number of nitrogens with one attached hydrogen (secondary N) is 1. The molecule has 1 saturated heterocycles. The van der Waals surface area contributed by atoms with Crippen LogP contribution in [0.4, 0.5) is 5.82 Å². The molecule has 1 fully saturated rings. The van der Waals surface area contributed by atoms with Crippen molar-refractivity contribution in [1.29, 1.82) is 0 Å². The first-order valence-corrected chi connectivity index (χ1v) is 12.9. The van der Waals surface area contributed by atoms with E-state index in [1.165, 1.54) is 17.5 Å². The topological polar surface area (TPSA) is 123 Å². The summed E-state index contributed by atoms with van der Waals surface area (Å²) in [5.41, 5.74) is 1.28. The summed E-state index contributed by atoms with van der Waals surface area (Å²) < 4.78 is 20.8. The third-order valence-electron chi connectivity index (χ3n) is 6.60. The fraction of sp³-hybridized carbons (Fsp3) is 0.357. The molecule has 0 spiro atoms. The molecule has 2 aromatic carbocycles. The first kappa shape index (κ1) is 26.4. The van der Waals surface area contributed by atoms with Gasteiger partial charge >= 0.3 is 18.2 Å². The van der Waals surface area contributed by atoms with Crippen molar-refractivity contribution >= 4 is 34.4 Å². The van der Waals surface area contributed by atoms with Gasteiger partial charge in [0.05, 0.1) is 12.1 Å². The van der Waals surface area contributed by atoms with Gasteiger partial charge in [0.25, 0.3) is 0 Å². The zero-order valence-electron chi connectivity index (χ0n) is 21.4. The summed E-state index contributed by atoms with van der Waals surface area (Å²) in [5.74, 6) is -0.728. The van der Waals surface area contributed by atoms with Gasteiger partial charge in [-0.2, -0.15) is 5.10 Å². The van der Waals surface area contributed by atoms with Crippen LogP contribution in [0.25, 0.3) is 10.9 Å². The minimum atomic E-state index is -1.62. The number of aromatic amines is 1. The lowest BCUT2D eigenvalue weighted by Crippen LogP contribution is -2.46. The molecular formula is C28H30N4O7. The van der Waals surface area contributed by atoms with E-state index in [9.17, 15) is 14.4 Å². The van der Waals surface area contributed by atoms with Gasteiger partial charge in [-0.25, -0.2) is 9.59 Å². The highest BCUT2D eigenvalue weighted by Crippen LogP contribution is 2.24. The van der Waals surface area contributed by atoms with E-state index in [1.807, 2.05) is 18.2 Å². The molecule has 11 heteroatoms. The highest BCUT2D eigenvalue weighted by atomic mass is 16.7. The minimum Gasteiger partial charge on any atom is -0.468 e. The number of ketones is 1. The number of aromatic nitrogens is 2. The SMILES string of the molecule is O=C1C=CC(=O)OC(C(=O)c2ccc(OCOCCCCN3CCN(c4n[nH]c5ccccc45)CC3)cc2)O1. The molecule has 11 nitrogen and oxygen atoms in total. The second-order valence-electron chi connectivity index (χ2n) is 9.23. The summed E-state index contributed by atoms with van der Waals surface area (Å²) in [4.78, 5) is 40.3. The quantitative estimate of drug-likeness (QED) is 0.170. The number of piperazine rings is 1. The van der Waals surface area contributed by atoms with Gasteiger partial charge < -0.3 is 23.8 Å². The van der Waals surface area contributed by atoms with Crippen LogP contribution in [0.1, 0.15) is 23.2 Å². The normalized spacial score (nSPS) is 16.7. The molecule has 0 bridgehead atoms. The summed E-state index contributed by atoms with van der Waals surface area (Å²) in [6, 6.07) is 14.4. The minimum absolute atomic E-state index is 0.0904. The molecule has 0 unspecified atom stereocenters. The molecule has 1 N–H and O–H groups in total. The van der Waals surface area contributed by atoms with Crippen molar-refractivity contribution in [2.75, 3.05) is 51.0 Å². The van der Waals surface area contributed by atoms with Crippen molar-refractivity contribution < 1.29 is 33.3 Å². The largest absolute Gasteiger partial charge is 0.468 e. The van der Waals surface area contributed by atoms with Crippen LogP contribution in [-0.4, -0.2) is 85.2 Å². The average molecular weight is 535 g/mol. The number of fused-ring (bicyclic) bond motifs is 1. The van der Waals surface area contributed by atoms with Crippen molar-refractivity contribution in [3.8, 4) is 5.75 Å². The highest BCUT2D eigenvalue weighted by molar-refractivity contribution is 6.03. The number of carbonyl (C=O) groups is 3. The van der Waals surface area contributed by atoms with Gasteiger partial charge in [0, 0.05) is 49.3 Å². The summed E-state index contributed by atoms with van der Waals surface area (Å²) >= 11 is 0. The first-order chi connectivity index (χ1) is 19.1. The molecule has 1 aromatic heterocycles. The van der Waals surface area contributed by atoms with Crippen LogP contribution >= 0.6 is 0 Å². The molecule has 3 aromatic rings. The van der Waals surface area contributed by atoms with Gasteiger partial charge in [-0.05, 0) is 55.8 Å². The lowest BCUT2D eigenvalue weighted by atomic mass is 10.1. The van der Waals surface area contributed by atoms with E-state index in [1.54, 1.807) is 12.1 Å². The monoisotopic (exact) mass is 534 g/mol. The molecular weight excluding hydrogens is 504 g/mol. The van der Waals surface area contributed by atoms with Gasteiger partial charge in [0.2, 0.25) is 5.78 Å². The molecule has 0 saturated carbocycles. The fourth-order valence-electron chi connectivity index (χ4n) is 4.49. The van der Waals surface area contributed by atoms with Crippen LogP contribution in [0.15, 0.2) is 60.7 Å². The Hall–Kier alpha value is -4.22. The Morgan fingerprint density at radius 1 is 0.949 bits per heavy atom. The number of esters is 2. The van der Waals surface area contributed by atoms with E-state index in [0.29, 0.717) is 12.4 Å². The predicted octanol–water partition coefficient (Wildman–Crippen LogP) is 2.68. The molecule has 204 valence electrons. The Kier molecular flexibility index (Phi) is 8.49. The maximum absolute atomic E-state index is 12.5. The van der Waals surface area contributed by atoms with Gasteiger partial charge in [-0.3, -0.25) is 14.8 Å². The highest BCUT2D eigenvalue weighted by Gasteiger charge is 2.29. The molecule has 3 heterocycles. The van der Waals surface area contributed by atoms with Crippen molar-refractivity contribution in [3.05, 3.63) is 66.2 Å². The first-order valence-electron chi connectivity index (χ1n) is 12.9. The van der Waals surface area contributed by atoms with Crippen LogP contribution in [-0.2, 0) is 23.8 Å². The fourth-order valence-corrected chi connectivity index (χ4v) is 4.49. The lowest BCUT2D eigenvalue weighted by Gasteiger charge is -2.35. The zero-order valence-corrected chi connectivity index (χ0v) is 21.4. The number of benzene rings is 2. The molecule has 0 radical (unpaired) electrons. The number of hydrogen-bond donors (Lipinski definition) is 1. The number of cyclic esters (lactones) is 2. The van der Waals surface area contributed by atoms with Crippen LogP contribution in [0.2, 0.25) is 0 Å². The number of anilines is 1. The van der Waals surface area contributed by atoms with Crippen LogP contribution in [0, 0.1) is 0 Å². The Bertz CT molecular complexity index is 1310. The summed E-state index contributed by atoms with van der Waals surface area (Å²) in [5, 5.41) is 8.80. The van der Waals surface area contributed by atoms with Gasteiger partial charge in [-0.1, -0.05) is 12.1 Å². The van der Waals surface area contributed by atoms with E-state index in [0.717, 1.165) is 69.1 Å². The smallest absolute Gasteiger partial charge is 0.334 e. The molecule has 0 amide bonds. The summed E-state index contributed by atoms with van der Waals surface area (Å²) in [6.07, 6.45) is 2.18. The molecule has 2 aliphatic rings. The second-order valence-corrected chi connectivity index (χ2v) is 9.23. The number of nitrogens with zero attached hydrogens (tertiary/aromatic N) is 3. The molecule has 0 aliphatic carbocycles. The summed E-state index contributed by atoms with van der Waals surface area (Å²) in [6.45, 7) is 5.62. The molecule has 5 rings (SSSR count). The van der Waals surface area contributed by atoms with Gasteiger partial charge in [0.1, 0.15) is 5.75 Å². The van der Waals surface area contributed by atoms with E-state index in [-0.39, 0.29) is 12.4 Å². The molecule has 2 aliphatic heterocycles. The standard InChI is InChI=1S/C28H30N4O7/c33-24-11-12-25(34)39-28(38-24)26(35)20-7-9-21(10-8-20)37-19-36-18-4-3-13-31-14-16-32(17-15-31)27-22-5-1-2-6-23(22)29-30-27/h1-2,5-12,28H,3-4,13-19H2,(H,29,30). The van der Waals surface area contributed by atoms with Crippen LogP contribution < -0.4 is 9.64 Å². The Labute approximate surface area is 225 Å². The van der Waals surface area contributed by atoms with Gasteiger partial charge in [0.15, 0.2) is 12.6 Å². The number of unbranched alkanes of at least 4 members (excludes halogenated alkanes) is 1. The Morgan fingerprint density at radius 3 is 2.41 bits per heavy atom.